The Bertz CT molecular complexity index is 468. The predicted molar refractivity (Wildman–Crippen MR) is 56.0 cm³/mol. The molecule has 0 atom stereocenters. The van der Waals surface area contributed by atoms with Gasteiger partial charge in [-0.05, 0) is 23.6 Å². The minimum atomic E-state index is -0.289. The number of rotatable bonds is 0. The van der Waals surface area contributed by atoms with Gasteiger partial charge in [-0.1, -0.05) is 28.1 Å². The zero-order valence-corrected chi connectivity index (χ0v) is 8.31. The summed E-state index contributed by atoms with van der Waals surface area (Å²) in [5, 5.41) is 1.39. The van der Waals surface area contributed by atoms with Crippen LogP contribution < -0.4 is 5.73 Å². The van der Waals surface area contributed by atoms with E-state index < -0.39 is 0 Å². The molecule has 2 rings (SSSR count). The van der Waals surface area contributed by atoms with Crippen LogP contribution in [0.5, 0.6) is 0 Å². The molecule has 0 heterocycles. The van der Waals surface area contributed by atoms with Gasteiger partial charge in [0.1, 0.15) is 5.82 Å². The highest BCUT2D eigenvalue weighted by Gasteiger charge is 2.04. The predicted octanol–water partition coefficient (Wildman–Crippen LogP) is 3.32. The summed E-state index contributed by atoms with van der Waals surface area (Å²) in [7, 11) is 0. The highest BCUT2D eigenvalue weighted by molar-refractivity contribution is 9.10. The number of hydrogen-bond acceptors (Lipinski definition) is 1. The van der Waals surface area contributed by atoms with Gasteiger partial charge in [0.05, 0.1) is 0 Å². The minimum Gasteiger partial charge on any atom is -0.399 e. The number of anilines is 1. The van der Waals surface area contributed by atoms with E-state index in [0.717, 1.165) is 9.86 Å². The largest absolute Gasteiger partial charge is 0.399 e. The van der Waals surface area contributed by atoms with E-state index in [1.807, 2.05) is 18.2 Å². The van der Waals surface area contributed by atoms with Crippen LogP contribution in [0.25, 0.3) is 10.8 Å². The lowest BCUT2D eigenvalue weighted by atomic mass is 10.1. The van der Waals surface area contributed by atoms with Gasteiger partial charge in [-0.3, -0.25) is 0 Å². The molecule has 0 unspecified atom stereocenters. The van der Waals surface area contributed by atoms with E-state index in [2.05, 4.69) is 15.9 Å². The molecule has 0 spiro atoms. The van der Waals surface area contributed by atoms with Crippen LogP contribution in [0.3, 0.4) is 0 Å². The van der Waals surface area contributed by atoms with Crippen LogP contribution >= 0.6 is 15.9 Å². The molecule has 0 aliphatic rings. The van der Waals surface area contributed by atoms with Crippen LogP contribution in [-0.4, -0.2) is 0 Å². The van der Waals surface area contributed by atoms with Gasteiger partial charge in [0.15, 0.2) is 0 Å². The second-order valence-electron chi connectivity index (χ2n) is 2.84. The topological polar surface area (TPSA) is 26.0 Å². The highest BCUT2D eigenvalue weighted by Crippen LogP contribution is 2.28. The van der Waals surface area contributed by atoms with Crippen molar-refractivity contribution in [2.75, 3.05) is 5.73 Å². The molecule has 66 valence electrons. The van der Waals surface area contributed by atoms with Gasteiger partial charge in [-0.2, -0.15) is 0 Å². The fourth-order valence-corrected chi connectivity index (χ4v) is 1.92. The van der Waals surface area contributed by atoms with Gasteiger partial charge in [-0.15, -0.1) is 0 Å². The SMILES string of the molecule is Nc1cc(F)c2c(Br)cccc2c1. The standard InChI is InChI=1S/C10H7BrFN/c11-8-3-1-2-6-4-7(13)5-9(12)10(6)8/h1-5H,13H2. The smallest absolute Gasteiger partial charge is 0.134 e. The maximum absolute atomic E-state index is 13.4. The lowest BCUT2D eigenvalue weighted by Gasteiger charge is -2.03. The van der Waals surface area contributed by atoms with Crippen molar-refractivity contribution in [2.24, 2.45) is 0 Å². The Balaban J connectivity index is 2.94. The second kappa shape index (κ2) is 3.00. The number of nitrogens with two attached hydrogens (primary N) is 1. The Morgan fingerprint density at radius 1 is 1.23 bits per heavy atom. The highest BCUT2D eigenvalue weighted by atomic mass is 79.9. The summed E-state index contributed by atoms with van der Waals surface area (Å²) in [5.41, 5.74) is 5.97. The van der Waals surface area contributed by atoms with Gasteiger partial charge in [0.2, 0.25) is 0 Å². The molecule has 0 fully saturated rings. The summed E-state index contributed by atoms with van der Waals surface area (Å²) in [6, 6.07) is 8.57. The molecular formula is C10H7BrFN. The summed E-state index contributed by atoms with van der Waals surface area (Å²) in [4.78, 5) is 0. The Hall–Kier alpha value is -1.09. The quantitative estimate of drug-likeness (QED) is 0.702. The van der Waals surface area contributed by atoms with Gasteiger partial charge >= 0.3 is 0 Å². The molecule has 0 aliphatic heterocycles. The lowest BCUT2D eigenvalue weighted by molar-refractivity contribution is 0.640. The summed E-state index contributed by atoms with van der Waals surface area (Å²) >= 11 is 3.29. The van der Waals surface area contributed by atoms with E-state index in [1.165, 1.54) is 6.07 Å². The third-order valence-electron chi connectivity index (χ3n) is 1.90. The molecule has 0 bridgehead atoms. The van der Waals surface area contributed by atoms with E-state index in [0.29, 0.717) is 11.1 Å². The van der Waals surface area contributed by atoms with E-state index in [4.69, 9.17) is 5.73 Å². The number of halogens is 2. The van der Waals surface area contributed by atoms with Crippen LogP contribution in [-0.2, 0) is 0 Å². The molecule has 1 nitrogen and oxygen atoms in total. The van der Waals surface area contributed by atoms with Crippen LogP contribution in [0.1, 0.15) is 0 Å². The van der Waals surface area contributed by atoms with Crippen molar-refractivity contribution < 1.29 is 4.39 Å². The third kappa shape index (κ3) is 1.40. The van der Waals surface area contributed by atoms with Crippen LogP contribution in [0.15, 0.2) is 34.8 Å². The molecule has 0 aliphatic carbocycles. The first-order chi connectivity index (χ1) is 6.18. The Kier molecular flexibility index (Phi) is 1.96. The number of benzene rings is 2. The van der Waals surface area contributed by atoms with Crippen LogP contribution in [0, 0.1) is 5.82 Å². The zero-order chi connectivity index (χ0) is 9.42. The molecule has 3 heteroatoms. The Labute approximate surface area is 83.5 Å². The monoisotopic (exact) mass is 239 g/mol. The van der Waals surface area contributed by atoms with Crippen LogP contribution in [0.2, 0.25) is 0 Å². The lowest BCUT2D eigenvalue weighted by Crippen LogP contribution is -1.88. The molecule has 13 heavy (non-hydrogen) atoms. The van der Waals surface area contributed by atoms with Gasteiger partial charge < -0.3 is 5.73 Å². The van der Waals surface area contributed by atoms with Crippen molar-refractivity contribution in [3.8, 4) is 0 Å². The molecule has 0 aromatic heterocycles. The molecule has 2 aromatic rings. The zero-order valence-electron chi connectivity index (χ0n) is 6.72. The second-order valence-corrected chi connectivity index (χ2v) is 3.70. The fourth-order valence-electron chi connectivity index (χ4n) is 1.35. The van der Waals surface area contributed by atoms with Crippen molar-refractivity contribution >= 4 is 32.4 Å². The summed E-state index contributed by atoms with van der Waals surface area (Å²) in [6.45, 7) is 0. The third-order valence-corrected chi connectivity index (χ3v) is 2.56. The molecule has 0 saturated heterocycles. The first kappa shape index (κ1) is 8.51. The average Bonchev–Trinajstić information content (AvgIpc) is 2.02. The van der Waals surface area contributed by atoms with Crippen LogP contribution in [0.4, 0.5) is 10.1 Å². The first-order valence-electron chi connectivity index (χ1n) is 3.82. The number of fused-ring (bicyclic) bond motifs is 1. The summed E-state index contributed by atoms with van der Waals surface area (Å²) < 4.78 is 14.2. The normalized spacial score (nSPS) is 10.6. The maximum atomic E-state index is 13.4. The van der Waals surface area contributed by atoms with E-state index >= 15 is 0 Å². The van der Waals surface area contributed by atoms with Crippen molar-refractivity contribution in [1.82, 2.24) is 0 Å². The molecular weight excluding hydrogens is 233 g/mol. The van der Waals surface area contributed by atoms with Crippen molar-refractivity contribution in [3.05, 3.63) is 40.6 Å². The van der Waals surface area contributed by atoms with E-state index in [9.17, 15) is 4.39 Å². The van der Waals surface area contributed by atoms with Crippen molar-refractivity contribution in [3.63, 3.8) is 0 Å². The molecule has 0 saturated carbocycles. The summed E-state index contributed by atoms with van der Waals surface area (Å²) in [6.07, 6.45) is 0. The van der Waals surface area contributed by atoms with Gasteiger partial charge in [0, 0.05) is 15.5 Å². The Morgan fingerprint density at radius 3 is 2.77 bits per heavy atom. The first-order valence-corrected chi connectivity index (χ1v) is 4.61. The Morgan fingerprint density at radius 2 is 2.00 bits per heavy atom. The number of nitrogen functional groups attached to an aromatic ring is 1. The van der Waals surface area contributed by atoms with Gasteiger partial charge in [-0.25, -0.2) is 4.39 Å². The van der Waals surface area contributed by atoms with Crippen molar-refractivity contribution in [2.45, 2.75) is 0 Å². The maximum Gasteiger partial charge on any atom is 0.134 e. The molecule has 2 N–H and O–H groups in total. The minimum absolute atomic E-state index is 0.289. The molecule has 0 amide bonds. The van der Waals surface area contributed by atoms with E-state index in [1.54, 1.807) is 6.07 Å². The molecule has 2 aromatic carbocycles. The van der Waals surface area contributed by atoms with Crippen molar-refractivity contribution in [1.29, 1.82) is 0 Å². The van der Waals surface area contributed by atoms with Gasteiger partial charge in [0.25, 0.3) is 0 Å². The average molecular weight is 240 g/mol. The summed E-state index contributed by atoms with van der Waals surface area (Å²) in [5.74, 6) is -0.289. The molecule has 0 radical (unpaired) electrons. The fraction of sp³-hybridized carbons (Fsp3) is 0. The van der Waals surface area contributed by atoms with E-state index in [-0.39, 0.29) is 5.82 Å². The number of hydrogen-bond donors (Lipinski definition) is 1.